The van der Waals surface area contributed by atoms with Crippen molar-refractivity contribution >= 4 is 5.91 Å². The van der Waals surface area contributed by atoms with E-state index >= 15 is 0 Å². The number of halogens is 1. The van der Waals surface area contributed by atoms with Crippen molar-refractivity contribution in [3.05, 3.63) is 29.8 Å². The molecule has 0 unspecified atom stereocenters. The van der Waals surface area contributed by atoms with E-state index in [-0.39, 0.29) is 11.6 Å². The fraction of sp³-hybridized carbons (Fsp3) is 0.538. The van der Waals surface area contributed by atoms with Crippen LogP contribution in [-0.2, 0) is 0 Å². The molecule has 17 heavy (non-hydrogen) atoms. The SMILES string of the molecule is O=C(NCC1(C2CC2)CC1)c1cccc(F)n1. The van der Waals surface area contributed by atoms with Gasteiger partial charge in [-0.2, -0.15) is 4.39 Å². The van der Waals surface area contributed by atoms with Crippen LogP contribution in [0.1, 0.15) is 36.2 Å². The first kappa shape index (κ1) is 10.7. The van der Waals surface area contributed by atoms with Crippen LogP contribution in [0.5, 0.6) is 0 Å². The molecule has 0 aromatic carbocycles. The van der Waals surface area contributed by atoms with Crippen LogP contribution in [-0.4, -0.2) is 17.4 Å². The fourth-order valence-corrected chi connectivity index (χ4v) is 2.47. The Bertz CT molecular complexity index is 452. The molecular formula is C13H15FN2O. The van der Waals surface area contributed by atoms with Gasteiger partial charge in [0.05, 0.1) is 0 Å². The molecule has 0 atom stereocenters. The lowest BCUT2D eigenvalue weighted by Gasteiger charge is -2.14. The second kappa shape index (κ2) is 3.79. The Kier molecular flexibility index (Phi) is 2.38. The molecular weight excluding hydrogens is 219 g/mol. The van der Waals surface area contributed by atoms with Crippen LogP contribution in [0.2, 0.25) is 0 Å². The van der Waals surface area contributed by atoms with Crippen LogP contribution in [0.3, 0.4) is 0 Å². The minimum Gasteiger partial charge on any atom is -0.350 e. The summed E-state index contributed by atoms with van der Waals surface area (Å²) in [6.07, 6.45) is 5.03. The van der Waals surface area contributed by atoms with Gasteiger partial charge in [0.1, 0.15) is 5.69 Å². The van der Waals surface area contributed by atoms with Gasteiger partial charge in [-0.1, -0.05) is 6.07 Å². The number of hydrogen-bond donors (Lipinski definition) is 1. The molecule has 1 amide bonds. The van der Waals surface area contributed by atoms with Crippen LogP contribution in [0.4, 0.5) is 4.39 Å². The number of pyridine rings is 1. The Hall–Kier alpha value is -1.45. The molecule has 2 saturated carbocycles. The van der Waals surface area contributed by atoms with Crippen LogP contribution in [0.15, 0.2) is 18.2 Å². The van der Waals surface area contributed by atoms with Crippen molar-refractivity contribution in [3.8, 4) is 0 Å². The molecule has 2 aliphatic rings. The highest BCUT2D eigenvalue weighted by molar-refractivity contribution is 5.92. The predicted molar refractivity (Wildman–Crippen MR) is 60.9 cm³/mol. The molecule has 2 fully saturated rings. The predicted octanol–water partition coefficient (Wildman–Crippen LogP) is 2.14. The zero-order chi connectivity index (χ0) is 11.9. The van der Waals surface area contributed by atoms with E-state index in [1.807, 2.05) is 0 Å². The van der Waals surface area contributed by atoms with E-state index in [0.717, 1.165) is 5.92 Å². The Morgan fingerprint density at radius 3 is 2.82 bits per heavy atom. The van der Waals surface area contributed by atoms with Crippen molar-refractivity contribution in [1.82, 2.24) is 10.3 Å². The normalized spacial score (nSPS) is 21.0. The summed E-state index contributed by atoms with van der Waals surface area (Å²) in [5, 5.41) is 2.88. The smallest absolute Gasteiger partial charge is 0.270 e. The number of hydrogen-bond acceptors (Lipinski definition) is 2. The van der Waals surface area contributed by atoms with Gasteiger partial charge in [-0.15, -0.1) is 0 Å². The number of amides is 1. The summed E-state index contributed by atoms with van der Waals surface area (Å²) >= 11 is 0. The van der Waals surface area contributed by atoms with Gasteiger partial charge in [0.15, 0.2) is 0 Å². The summed E-state index contributed by atoms with van der Waals surface area (Å²) in [7, 11) is 0. The highest BCUT2D eigenvalue weighted by Crippen LogP contribution is 2.60. The summed E-state index contributed by atoms with van der Waals surface area (Å²) < 4.78 is 12.9. The van der Waals surface area contributed by atoms with Crippen molar-refractivity contribution in [3.63, 3.8) is 0 Å². The minimum atomic E-state index is -0.610. The average Bonchev–Trinajstić information content (AvgIpc) is 3.15. The van der Waals surface area contributed by atoms with Gasteiger partial charge in [0, 0.05) is 6.54 Å². The zero-order valence-corrected chi connectivity index (χ0v) is 9.58. The lowest BCUT2D eigenvalue weighted by atomic mass is 10.0. The Balaban J connectivity index is 1.60. The minimum absolute atomic E-state index is 0.164. The molecule has 90 valence electrons. The maximum absolute atomic E-state index is 12.9. The topological polar surface area (TPSA) is 42.0 Å². The molecule has 1 heterocycles. The summed E-state index contributed by atoms with van der Waals surface area (Å²) in [5.41, 5.74) is 0.528. The number of carbonyl (C=O) groups excluding carboxylic acids is 1. The number of aromatic nitrogens is 1. The summed E-state index contributed by atoms with van der Waals surface area (Å²) in [4.78, 5) is 15.4. The van der Waals surface area contributed by atoms with Crippen molar-refractivity contribution in [2.75, 3.05) is 6.54 Å². The van der Waals surface area contributed by atoms with E-state index in [1.54, 1.807) is 0 Å². The van der Waals surface area contributed by atoms with E-state index in [2.05, 4.69) is 10.3 Å². The van der Waals surface area contributed by atoms with Crippen LogP contribution >= 0.6 is 0 Å². The van der Waals surface area contributed by atoms with Gasteiger partial charge < -0.3 is 5.32 Å². The van der Waals surface area contributed by atoms with E-state index in [0.29, 0.717) is 12.0 Å². The molecule has 2 aliphatic carbocycles. The van der Waals surface area contributed by atoms with Crippen molar-refractivity contribution in [2.45, 2.75) is 25.7 Å². The van der Waals surface area contributed by atoms with Gasteiger partial charge in [0.2, 0.25) is 5.95 Å². The summed E-state index contributed by atoms with van der Waals surface area (Å²) in [6, 6.07) is 4.28. The standard InChI is InChI=1S/C13H15FN2O/c14-11-3-1-2-10(16-11)12(17)15-8-13(6-7-13)9-4-5-9/h1-3,9H,4-8H2,(H,15,17). The Morgan fingerprint density at radius 2 is 2.24 bits per heavy atom. The second-order valence-electron chi connectivity index (χ2n) is 5.16. The molecule has 1 N–H and O–H groups in total. The number of carbonyl (C=O) groups is 1. The monoisotopic (exact) mass is 234 g/mol. The van der Waals surface area contributed by atoms with E-state index in [9.17, 15) is 9.18 Å². The van der Waals surface area contributed by atoms with Gasteiger partial charge in [-0.05, 0) is 49.1 Å². The quantitative estimate of drug-likeness (QED) is 0.811. The second-order valence-corrected chi connectivity index (χ2v) is 5.16. The summed E-state index contributed by atoms with van der Waals surface area (Å²) in [6.45, 7) is 0.717. The summed E-state index contributed by atoms with van der Waals surface area (Å²) in [5.74, 6) is -0.0688. The van der Waals surface area contributed by atoms with Gasteiger partial charge >= 0.3 is 0 Å². The third-order valence-corrected chi connectivity index (χ3v) is 3.88. The first-order chi connectivity index (χ1) is 8.20. The maximum Gasteiger partial charge on any atom is 0.270 e. The number of nitrogens with zero attached hydrogens (tertiary/aromatic N) is 1. The molecule has 0 aliphatic heterocycles. The average molecular weight is 234 g/mol. The number of rotatable bonds is 4. The van der Waals surface area contributed by atoms with Crippen molar-refractivity contribution < 1.29 is 9.18 Å². The Morgan fingerprint density at radius 1 is 1.47 bits per heavy atom. The van der Waals surface area contributed by atoms with E-state index in [4.69, 9.17) is 0 Å². The first-order valence-corrected chi connectivity index (χ1v) is 6.10. The van der Waals surface area contributed by atoms with Crippen molar-refractivity contribution in [2.24, 2.45) is 11.3 Å². The molecule has 0 radical (unpaired) electrons. The number of nitrogens with one attached hydrogen (secondary N) is 1. The largest absolute Gasteiger partial charge is 0.350 e. The molecule has 1 aromatic rings. The van der Waals surface area contributed by atoms with E-state index in [1.165, 1.54) is 43.9 Å². The molecule has 3 nitrogen and oxygen atoms in total. The van der Waals surface area contributed by atoms with Crippen LogP contribution in [0, 0.1) is 17.3 Å². The molecule has 0 saturated heterocycles. The van der Waals surface area contributed by atoms with Gasteiger partial charge in [0.25, 0.3) is 5.91 Å². The highest BCUT2D eigenvalue weighted by Gasteiger charge is 2.53. The molecule has 4 heteroatoms. The van der Waals surface area contributed by atoms with Crippen LogP contribution in [0.25, 0.3) is 0 Å². The first-order valence-electron chi connectivity index (χ1n) is 6.10. The van der Waals surface area contributed by atoms with Gasteiger partial charge in [-0.3, -0.25) is 4.79 Å². The van der Waals surface area contributed by atoms with Gasteiger partial charge in [-0.25, -0.2) is 4.98 Å². The lowest BCUT2D eigenvalue weighted by molar-refractivity contribution is 0.0936. The van der Waals surface area contributed by atoms with Crippen molar-refractivity contribution in [1.29, 1.82) is 0 Å². The van der Waals surface area contributed by atoms with Crippen LogP contribution < -0.4 is 5.32 Å². The van der Waals surface area contributed by atoms with E-state index < -0.39 is 5.95 Å². The third-order valence-electron chi connectivity index (χ3n) is 3.88. The molecule has 1 aromatic heterocycles. The molecule has 0 bridgehead atoms. The third kappa shape index (κ3) is 2.16. The maximum atomic E-state index is 12.9. The molecule has 0 spiro atoms. The lowest BCUT2D eigenvalue weighted by Crippen LogP contribution is -2.31. The Labute approximate surface area is 99.4 Å². The molecule has 3 rings (SSSR count). The highest BCUT2D eigenvalue weighted by atomic mass is 19.1. The fourth-order valence-electron chi connectivity index (χ4n) is 2.47. The zero-order valence-electron chi connectivity index (χ0n) is 9.58.